The summed E-state index contributed by atoms with van der Waals surface area (Å²) in [5.74, 6) is 5.87. The zero-order valence-electron chi connectivity index (χ0n) is 11.1. The fraction of sp³-hybridized carbons (Fsp3) is 0.125. The van der Waals surface area contributed by atoms with Gasteiger partial charge in [0.15, 0.2) is 0 Å². The van der Waals surface area contributed by atoms with E-state index in [4.69, 9.17) is 5.84 Å². The van der Waals surface area contributed by atoms with Crippen LogP contribution >= 0.6 is 33.9 Å². The molecule has 3 aromatic rings. The highest BCUT2D eigenvalue weighted by atomic mass is 127. The lowest BCUT2D eigenvalue weighted by atomic mass is 9.97. The fourth-order valence-electron chi connectivity index (χ4n) is 2.48. The van der Waals surface area contributed by atoms with Gasteiger partial charge in [0.1, 0.15) is 0 Å². The second kappa shape index (κ2) is 5.81. The van der Waals surface area contributed by atoms with E-state index in [0.717, 1.165) is 0 Å². The van der Waals surface area contributed by atoms with Crippen LogP contribution < -0.4 is 11.3 Å². The number of hydrogen-bond acceptors (Lipinski definition) is 3. The molecule has 1 atom stereocenters. The van der Waals surface area contributed by atoms with Crippen LogP contribution in [0.15, 0.2) is 47.8 Å². The summed E-state index contributed by atoms with van der Waals surface area (Å²) in [6.45, 7) is 2.13. The first-order chi connectivity index (χ1) is 9.72. The van der Waals surface area contributed by atoms with Crippen LogP contribution in [0.5, 0.6) is 0 Å². The number of fused-ring (bicyclic) bond motifs is 1. The third-order valence-corrected chi connectivity index (χ3v) is 5.97. The van der Waals surface area contributed by atoms with Crippen molar-refractivity contribution < 1.29 is 0 Å². The molecule has 1 unspecified atom stereocenters. The van der Waals surface area contributed by atoms with Gasteiger partial charge in [-0.2, -0.15) is 0 Å². The molecule has 0 fully saturated rings. The van der Waals surface area contributed by atoms with Crippen molar-refractivity contribution >= 4 is 44.0 Å². The Morgan fingerprint density at radius 2 is 1.85 bits per heavy atom. The fourth-order valence-corrected chi connectivity index (χ4v) is 4.10. The van der Waals surface area contributed by atoms with Gasteiger partial charge in [0, 0.05) is 8.27 Å². The Hall–Kier alpha value is -0.950. The molecule has 0 aliphatic rings. The second-order valence-electron chi connectivity index (χ2n) is 4.76. The Balaban J connectivity index is 2.19. The van der Waals surface area contributed by atoms with Crippen LogP contribution in [0.2, 0.25) is 0 Å². The van der Waals surface area contributed by atoms with E-state index in [1.54, 1.807) is 11.3 Å². The minimum absolute atomic E-state index is 0.0177. The summed E-state index contributed by atoms with van der Waals surface area (Å²) in [6.07, 6.45) is 0. The molecule has 0 amide bonds. The molecule has 3 N–H and O–H groups in total. The lowest BCUT2D eigenvalue weighted by molar-refractivity contribution is 0.638. The van der Waals surface area contributed by atoms with Crippen LogP contribution in [0.25, 0.3) is 10.1 Å². The van der Waals surface area contributed by atoms with Crippen molar-refractivity contribution in [3.05, 3.63) is 68.1 Å². The summed E-state index contributed by atoms with van der Waals surface area (Å²) in [4.78, 5) is 0. The first-order valence-electron chi connectivity index (χ1n) is 6.39. The number of hydrazine groups is 1. The van der Waals surface area contributed by atoms with Crippen LogP contribution in [0.4, 0.5) is 0 Å². The Bertz CT molecular complexity index is 751. The molecule has 1 heterocycles. The molecular formula is C16H15IN2S. The van der Waals surface area contributed by atoms with Gasteiger partial charge in [-0.25, -0.2) is 5.43 Å². The van der Waals surface area contributed by atoms with Gasteiger partial charge in [0.25, 0.3) is 0 Å². The van der Waals surface area contributed by atoms with E-state index in [1.165, 1.54) is 30.3 Å². The van der Waals surface area contributed by atoms with Gasteiger partial charge in [0.2, 0.25) is 0 Å². The summed E-state index contributed by atoms with van der Waals surface area (Å²) in [6, 6.07) is 14.9. The lowest BCUT2D eigenvalue weighted by Gasteiger charge is -2.20. The Labute approximate surface area is 136 Å². The maximum absolute atomic E-state index is 5.87. The average Bonchev–Trinajstić information content (AvgIpc) is 2.93. The molecule has 3 rings (SSSR count). The minimum Gasteiger partial charge on any atom is -0.271 e. The van der Waals surface area contributed by atoms with E-state index < -0.39 is 0 Å². The molecule has 0 aliphatic carbocycles. The van der Waals surface area contributed by atoms with E-state index in [9.17, 15) is 0 Å². The van der Waals surface area contributed by atoms with E-state index in [1.807, 2.05) is 0 Å². The van der Waals surface area contributed by atoms with Crippen LogP contribution in [0.3, 0.4) is 0 Å². The van der Waals surface area contributed by atoms with Crippen LogP contribution in [0.1, 0.15) is 22.7 Å². The predicted molar refractivity (Wildman–Crippen MR) is 94.9 cm³/mol. The van der Waals surface area contributed by atoms with Gasteiger partial charge in [0.05, 0.1) is 6.04 Å². The molecule has 0 bridgehead atoms. The third-order valence-electron chi connectivity index (χ3n) is 3.52. The SMILES string of the molecule is Cc1cccc(C(NN)c2cccc3ccsc23)c1I. The number of benzene rings is 2. The highest BCUT2D eigenvalue weighted by Crippen LogP contribution is 2.34. The van der Waals surface area contributed by atoms with Crippen molar-refractivity contribution in [2.75, 3.05) is 0 Å². The maximum atomic E-state index is 5.87. The summed E-state index contributed by atoms with van der Waals surface area (Å²) in [5, 5.41) is 3.40. The number of nitrogens with one attached hydrogen (secondary N) is 1. The van der Waals surface area contributed by atoms with Gasteiger partial charge >= 0.3 is 0 Å². The van der Waals surface area contributed by atoms with Crippen LogP contribution in [-0.4, -0.2) is 0 Å². The largest absolute Gasteiger partial charge is 0.271 e. The summed E-state index contributed by atoms with van der Waals surface area (Å²) >= 11 is 4.16. The number of hydrogen-bond donors (Lipinski definition) is 2. The van der Waals surface area contributed by atoms with Gasteiger partial charge in [-0.05, 0) is 63.0 Å². The summed E-state index contributed by atoms with van der Waals surface area (Å²) in [5.41, 5.74) is 6.74. The van der Waals surface area contributed by atoms with Gasteiger partial charge in [-0.15, -0.1) is 11.3 Å². The second-order valence-corrected chi connectivity index (χ2v) is 6.76. The third kappa shape index (κ3) is 2.37. The normalized spacial score (nSPS) is 12.8. The van der Waals surface area contributed by atoms with Crippen molar-refractivity contribution in [3.63, 3.8) is 0 Å². The first kappa shape index (κ1) is 14.0. The molecule has 4 heteroatoms. The van der Waals surface area contributed by atoms with Gasteiger partial charge in [-0.3, -0.25) is 5.84 Å². The van der Waals surface area contributed by atoms with Crippen molar-refractivity contribution in [2.45, 2.75) is 13.0 Å². The van der Waals surface area contributed by atoms with E-state index >= 15 is 0 Å². The summed E-state index contributed by atoms with van der Waals surface area (Å²) in [7, 11) is 0. The molecule has 1 aromatic heterocycles. The quantitative estimate of drug-likeness (QED) is 0.394. The summed E-state index contributed by atoms with van der Waals surface area (Å²) < 4.78 is 2.56. The average molecular weight is 394 g/mol. The van der Waals surface area contributed by atoms with E-state index in [-0.39, 0.29) is 6.04 Å². The topological polar surface area (TPSA) is 38.0 Å². The Morgan fingerprint density at radius 1 is 1.10 bits per heavy atom. The Kier molecular flexibility index (Phi) is 4.07. The van der Waals surface area contributed by atoms with Gasteiger partial charge in [-0.1, -0.05) is 36.4 Å². The molecule has 0 radical (unpaired) electrons. The van der Waals surface area contributed by atoms with Crippen molar-refractivity contribution in [3.8, 4) is 0 Å². The molecule has 0 spiro atoms. The minimum atomic E-state index is 0.0177. The first-order valence-corrected chi connectivity index (χ1v) is 8.35. The number of aryl methyl sites for hydroxylation is 1. The number of rotatable bonds is 3. The molecule has 102 valence electrons. The smallest absolute Gasteiger partial charge is 0.0734 e. The van der Waals surface area contributed by atoms with E-state index in [0.29, 0.717) is 0 Å². The predicted octanol–water partition coefficient (Wildman–Crippen LogP) is 4.37. The number of halogens is 1. The monoisotopic (exact) mass is 394 g/mol. The molecule has 2 aromatic carbocycles. The number of thiophene rings is 1. The van der Waals surface area contributed by atoms with Crippen LogP contribution in [-0.2, 0) is 0 Å². The lowest BCUT2D eigenvalue weighted by Crippen LogP contribution is -2.29. The zero-order valence-corrected chi connectivity index (χ0v) is 14.0. The standard InChI is InChI=1S/C16H15IN2S/c1-10-4-2-6-12(14(10)17)15(19-18)13-7-3-5-11-8-9-20-16(11)13/h2-9,15,19H,18H2,1H3. The van der Waals surface area contributed by atoms with Gasteiger partial charge < -0.3 is 0 Å². The van der Waals surface area contributed by atoms with Crippen molar-refractivity contribution in [2.24, 2.45) is 5.84 Å². The highest BCUT2D eigenvalue weighted by molar-refractivity contribution is 14.1. The molecule has 2 nitrogen and oxygen atoms in total. The van der Waals surface area contributed by atoms with Crippen LogP contribution in [0, 0.1) is 10.5 Å². The van der Waals surface area contributed by atoms with Crippen molar-refractivity contribution in [1.29, 1.82) is 0 Å². The van der Waals surface area contributed by atoms with Crippen molar-refractivity contribution in [1.82, 2.24) is 5.43 Å². The van der Waals surface area contributed by atoms with E-state index in [2.05, 4.69) is 82.8 Å². The number of nitrogens with two attached hydrogens (primary N) is 1. The molecule has 20 heavy (non-hydrogen) atoms. The zero-order chi connectivity index (χ0) is 14.1. The Morgan fingerprint density at radius 3 is 2.65 bits per heavy atom. The molecule has 0 aliphatic heterocycles. The molecule has 0 saturated heterocycles. The molecular weight excluding hydrogens is 379 g/mol. The molecule has 0 saturated carbocycles. The maximum Gasteiger partial charge on any atom is 0.0734 e. The highest BCUT2D eigenvalue weighted by Gasteiger charge is 2.18.